The average Bonchev–Trinajstić information content (AvgIpc) is 3.67. The van der Waals surface area contributed by atoms with Gasteiger partial charge < -0.3 is 24.8 Å². The molecule has 214 valence electrons. The van der Waals surface area contributed by atoms with Gasteiger partial charge >= 0.3 is 242 Å². The van der Waals surface area contributed by atoms with Crippen LogP contribution in [0.3, 0.4) is 0 Å². The van der Waals surface area contributed by atoms with E-state index in [1.54, 1.807) is 53.5 Å². The van der Waals surface area contributed by atoms with Crippen LogP contribution in [0, 0.1) is 0 Å². The van der Waals surface area contributed by atoms with E-state index in [1.165, 1.54) is 44.1 Å². The summed E-state index contributed by atoms with van der Waals surface area (Å²) in [5.74, 6) is 0. The van der Waals surface area contributed by atoms with E-state index in [0.717, 1.165) is 11.1 Å². The molecule has 0 saturated heterocycles. The summed E-state index contributed by atoms with van der Waals surface area (Å²) < 4.78 is 3.88. The number of rotatable bonds is 4. The molecule has 0 aliphatic heterocycles. The zero-order valence-corrected chi connectivity index (χ0v) is 30.6. The maximum Gasteiger partial charge on any atom is -1.00 e. The van der Waals surface area contributed by atoms with Crippen LogP contribution in [0.15, 0.2) is 51.8 Å². The van der Waals surface area contributed by atoms with Crippen LogP contribution in [0.4, 0.5) is 0 Å². The Morgan fingerprint density at radius 2 is 1.30 bits per heavy atom. The molecule has 4 heteroatoms. The van der Waals surface area contributed by atoms with Crippen LogP contribution in [0.1, 0.15) is 122 Å². The predicted molar refractivity (Wildman–Crippen MR) is 164 cm³/mol. The van der Waals surface area contributed by atoms with Gasteiger partial charge in [-0.15, -0.1) is 0 Å². The second kappa shape index (κ2) is 12.7. The summed E-state index contributed by atoms with van der Waals surface area (Å²) in [4.78, 5) is 0. The molecule has 0 heterocycles. The zero-order valence-electron chi connectivity index (χ0n) is 25.6. The maximum absolute atomic E-state index is 2.80. The fourth-order valence-electron chi connectivity index (χ4n) is 7.76. The van der Waals surface area contributed by atoms with Crippen molar-refractivity contribution in [2.75, 3.05) is 0 Å². The molecule has 4 aliphatic rings. The van der Waals surface area contributed by atoms with E-state index in [4.69, 9.17) is 0 Å². The Kier molecular flexibility index (Phi) is 10.3. The first kappa shape index (κ1) is 32.5. The second-order valence-corrected chi connectivity index (χ2v) is 29.2. The molecule has 2 saturated carbocycles. The average molecular weight is 671 g/mol. The van der Waals surface area contributed by atoms with Crippen molar-refractivity contribution in [2.24, 2.45) is 0 Å². The number of hydrogen-bond donors (Lipinski definition) is 0. The number of benzene rings is 2. The third-order valence-corrected chi connectivity index (χ3v) is 32.2. The zero-order chi connectivity index (χ0) is 26.7. The van der Waals surface area contributed by atoms with Crippen molar-refractivity contribution in [2.45, 2.75) is 128 Å². The van der Waals surface area contributed by atoms with Crippen molar-refractivity contribution in [3.63, 3.8) is 0 Å². The minimum atomic E-state index is -2.10. The van der Waals surface area contributed by atoms with Crippen LogP contribution in [-0.2, 0) is 37.6 Å². The first-order valence-electron chi connectivity index (χ1n) is 15.5. The van der Waals surface area contributed by atoms with Crippen LogP contribution < -0.4 is 28.1 Å². The van der Waals surface area contributed by atoms with Gasteiger partial charge in [-0.2, -0.15) is 0 Å². The summed E-state index contributed by atoms with van der Waals surface area (Å²) in [5, 5.41) is 0. The molecule has 0 atom stereocenters. The van der Waals surface area contributed by atoms with Crippen LogP contribution in [0.2, 0.25) is 11.1 Å². The minimum Gasteiger partial charge on any atom is -1.00 e. The second-order valence-electron chi connectivity index (χ2n) is 14.7. The minimum absolute atomic E-state index is 0. The standard InChI is InChI=1S/C21H25.C10H18Si.C5H5.2ClH.Zr/c1-20(2,3)16-9-7-14-11-15-8-10-17(21(4,5)6)13-19(15)18(14)12-16;1-2-6-9(5-1)11-10-7-3-4-8-10;1-2-4-5-3-1;;;/h7,9-10,12-13H,11H2,1-6H3;9-10H,1-8H2;1-3H,4H2;2*1H;/q;;;;;+2/p-2. The third-order valence-electron chi connectivity index (χ3n) is 9.99. The number of fused-ring (bicyclic) bond motifs is 3. The van der Waals surface area contributed by atoms with Gasteiger partial charge in [-0.1, -0.05) is 0 Å². The molecular weight excluding hydrogens is 623 g/mol. The van der Waals surface area contributed by atoms with Crippen molar-refractivity contribution < 1.29 is 45.2 Å². The molecule has 40 heavy (non-hydrogen) atoms. The first-order chi connectivity index (χ1) is 18.1. The Labute approximate surface area is 264 Å². The smallest absolute Gasteiger partial charge is 1.00 e. The van der Waals surface area contributed by atoms with Gasteiger partial charge in [-0.3, -0.25) is 0 Å². The Hall–Kier alpha value is -0.400. The van der Waals surface area contributed by atoms with Gasteiger partial charge in [0.2, 0.25) is 0 Å². The Bertz CT molecular complexity index is 1320. The third kappa shape index (κ3) is 6.27. The van der Waals surface area contributed by atoms with Crippen molar-refractivity contribution >= 4 is 8.70 Å². The van der Waals surface area contributed by atoms with E-state index in [-0.39, 0.29) is 41.1 Å². The van der Waals surface area contributed by atoms with Crippen LogP contribution in [0.5, 0.6) is 0 Å². The van der Waals surface area contributed by atoms with Crippen LogP contribution in [0.25, 0.3) is 11.1 Å². The molecule has 4 aliphatic carbocycles. The molecule has 2 aromatic rings. The molecule has 2 aromatic carbocycles. The van der Waals surface area contributed by atoms with E-state index in [0.29, 0.717) is 0 Å². The molecule has 0 radical (unpaired) electrons. The Morgan fingerprint density at radius 3 is 1.82 bits per heavy atom. The van der Waals surface area contributed by atoms with E-state index in [1.807, 2.05) is 6.55 Å². The maximum atomic E-state index is 2.80. The summed E-state index contributed by atoms with van der Waals surface area (Å²) in [7, 11) is 0. The van der Waals surface area contributed by atoms with Gasteiger partial charge in [0.05, 0.1) is 0 Å². The number of allylic oxidation sites excluding steroid dienone is 4. The van der Waals surface area contributed by atoms with Crippen molar-refractivity contribution in [3.8, 4) is 11.1 Å². The van der Waals surface area contributed by atoms with Gasteiger partial charge in [0.15, 0.2) is 0 Å². The van der Waals surface area contributed by atoms with Crippen molar-refractivity contribution in [1.29, 1.82) is 0 Å². The monoisotopic (exact) mass is 668 g/mol. The molecule has 0 unspecified atom stereocenters. The van der Waals surface area contributed by atoms with Crippen molar-refractivity contribution in [3.05, 3.63) is 74.1 Å². The van der Waals surface area contributed by atoms with E-state index in [9.17, 15) is 0 Å². The molecule has 0 spiro atoms. The SMILES string of the molecule is CC(C)(C)c1ccc2c(c1)-c1cc(C(C)(C)C)c[c]([Zr+2]([C]3=CC=CC3)=[Si](C3CCCC3)C3CCCC3)c1C2.[Cl-].[Cl-]. The Morgan fingerprint density at radius 1 is 0.725 bits per heavy atom. The summed E-state index contributed by atoms with van der Waals surface area (Å²) in [6.45, 7) is 14.4. The summed E-state index contributed by atoms with van der Waals surface area (Å²) in [6, 6.07) is 12.9. The fraction of sp³-hybridized carbons (Fsp3) is 0.556. The predicted octanol–water partition coefficient (Wildman–Crippen LogP) is 3.83. The van der Waals surface area contributed by atoms with Gasteiger partial charge in [0.25, 0.3) is 0 Å². The summed E-state index contributed by atoms with van der Waals surface area (Å²) in [6.07, 6.45) is 22.1. The largest absolute Gasteiger partial charge is 1.00 e. The normalized spacial score (nSPS) is 18.5. The van der Waals surface area contributed by atoms with Crippen molar-refractivity contribution in [1.82, 2.24) is 0 Å². The van der Waals surface area contributed by atoms with Crippen LogP contribution in [-0.4, -0.2) is 5.43 Å². The molecule has 0 nitrogen and oxygen atoms in total. The van der Waals surface area contributed by atoms with E-state index >= 15 is 0 Å². The van der Waals surface area contributed by atoms with Crippen LogP contribution >= 0.6 is 0 Å². The molecule has 0 N–H and O–H groups in total. The molecular formula is C36H48Cl2SiZr. The van der Waals surface area contributed by atoms with Gasteiger partial charge in [-0.25, -0.2) is 0 Å². The van der Waals surface area contributed by atoms with Gasteiger partial charge in [0.1, 0.15) is 0 Å². The summed E-state index contributed by atoms with van der Waals surface area (Å²) >= 11 is -2.10. The first-order valence-corrected chi connectivity index (χ1v) is 23.3. The van der Waals surface area contributed by atoms with E-state index in [2.05, 4.69) is 90.1 Å². The van der Waals surface area contributed by atoms with Gasteiger partial charge in [0, 0.05) is 0 Å². The number of hydrogen-bond acceptors (Lipinski definition) is 0. The molecule has 2 fully saturated rings. The number of halogens is 2. The van der Waals surface area contributed by atoms with Gasteiger partial charge in [-0.05, 0) is 0 Å². The topological polar surface area (TPSA) is 0 Å². The van der Waals surface area contributed by atoms with E-state index < -0.39 is 20.4 Å². The molecule has 0 aromatic heterocycles. The fourth-order valence-corrected chi connectivity index (χ4v) is 34.0. The summed E-state index contributed by atoms with van der Waals surface area (Å²) in [5.41, 5.74) is 11.7. The molecule has 0 amide bonds. The molecule has 6 rings (SSSR count). The Balaban J connectivity index is 0.00000185. The molecule has 0 bridgehead atoms. The quantitative estimate of drug-likeness (QED) is 0.371.